The van der Waals surface area contributed by atoms with Crippen molar-refractivity contribution in [1.82, 2.24) is 9.71 Å². The van der Waals surface area contributed by atoms with E-state index in [2.05, 4.69) is 16.6 Å². The van der Waals surface area contributed by atoms with Gasteiger partial charge in [0.1, 0.15) is 5.02 Å². The van der Waals surface area contributed by atoms with Gasteiger partial charge < -0.3 is 4.98 Å². The van der Waals surface area contributed by atoms with Crippen LogP contribution in [0.5, 0.6) is 0 Å². The maximum Gasteiger partial charge on any atom is 0.266 e. The molecule has 21 heavy (non-hydrogen) atoms. The summed E-state index contributed by atoms with van der Waals surface area (Å²) < 4.78 is 26.9. The van der Waals surface area contributed by atoms with Crippen LogP contribution in [0.1, 0.15) is 46.5 Å². The van der Waals surface area contributed by atoms with Crippen molar-refractivity contribution >= 4 is 21.6 Å². The molecule has 5 nitrogen and oxygen atoms in total. The number of aromatic nitrogens is 1. The molecule has 0 saturated heterocycles. The Bertz CT molecular complexity index is 623. The number of hydrogen-bond donors (Lipinski definition) is 2. The third-order valence-electron chi connectivity index (χ3n) is 3.34. The van der Waals surface area contributed by atoms with Crippen molar-refractivity contribution in [3.8, 4) is 0 Å². The number of hydrogen-bond acceptors (Lipinski definition) is 3. The van der Waals surface area contributed by atoms with Gasteiger partial charge in [0.15, 0.2) is 0 Å². The molecule has 0 aromatic carbocycles. The number of pyridine rings is 1. The highest BCUT2D eigenvalue weighted by molar-refractivity contribution is 7.89. The van der Waals surface area contributed by atoms with E-state index in [0.29, 0.717) is 6.54 Å². The smallest absolute Gasteiger partial charge is 0.266 e. The highest BCUT2D eigenvalue weighted by Gasteiger charge is 2.22. The molecule has 1 aromatic heterocycles. The molecule has 0 aliphatic carbocycles. The number of halogens is 1. The van der Waals surface area contributed by atoms with Crippen molar-refractivity contribution in [1.29, 1.82) is 0 Å². The third kappa shape index (κ3) is 5.80. The molecule has 0 bridgehead atoms. The molecule has 0 amide bonds. The highest BCUT2D eigenvalue weighted by atomic mass is 35.5. The molecule has 0 aliphatic rings. The van der Waals surface area contributed by atoms with Crippen molar-refractivity contribution in [2.45, 2.75) is 51.3 Å². The molecule has 0 unspecified atom stereocenters. The van der Waals surface area contributed by atoms with Crippen LogP contribution in [0, 0.1) is 5.41 Å². The maximum absolute atomic E-state index is 12.2. The van der Waals surface area contributed by atoms with Gasteiger partial charge in [-0.3, -0.25) is 4.79 Å². The maximum atomic E-state index is 12.2. The normalized spacial score (nSPS) is 12.6. The molecule has 0 atom stereocenters. The lowest BCUT2D eigenvalue weighted by Crippen LogP contribution is -2.34. The number of rotatable bonds is 8. The monoisotopic (exact) mass is 334 g/mol. The lowest BCUT2D eigenvalue weighted by atomic mass is 9.87. The molecule has 120 valence electrons. The quantitative estimate of drug-likeness (QED) is 0.717. The lowest BCUT2D eigenvalue weighted by molar-refractivity contribution is 0.320. The molecule has 0 saturated carbocycles. The Labute approximate surface area is 131 Å². The zero-order valence-electron chi connectivity index (χ0n) is 12.7. The minimum absolute atomic E-state index is 0.0311. The fraction of sp³-hybridized carbons (Fsp3) is 0.643. The number of sulfonamides is 1. The summed E-state index contributed by atoms with van der Waals surface area (Å²) >= 11 is 5.66. The lowest BCUT2D eigenvalue weighted by Gasteiger charge is -2.24. The average Bonchev–Trinajstić information content (AvgIpc) is 2.40. The highest BCUT2D eigenvalue weighted by Crippen LogP contribution is 2.23. The first-order valence-electron chi connectivity index (χ1n) is 7.06. The molecule has 0 fully saturated rings. The van der Waals surface area contributed by atoms with Crippen LogP contribution in [-0.4, -0.2) is 19.9 Å². The SMILES string of the molecule is CCCCCC(C)(C)CNS(=O)(=O)c1c[nH]c(=O)c(Cl)c1. The number of aromatic amines is 1. The topological polar surface area (TPSA) is 79.0 Å². The van der Waals surface area contributed by atoms with Crippen molar-refractivity contribution in [3.63, 3.8) is 0 Å². The van der Waals surface area contributed by atoms with E-state index in [4.69, 9.17) is 11.6 Å². The molecule has 7 heteroatoms. The summed E-state index contributed by atoms with van der Waals surface area (Å²) in [5.74, 6) is 0. The first-order valence-corrected chi connectivity index (χ1v) is 8.92. The van der Waals surface area contributed by atoms with E-state index in [1.807, 2.05) is 13.8 Å². The van der Waals surface area contributed by atoms with E-state index in [9.17, 15) is 13.2 Å². The fourth-order valence-electron chi connectivity index (χ4n) is 1.91. The van der Waals surface area contributed by atoms with E-state index in [0.717, 1.165) is 37.9 Å². The van der Waals surface area contributed by atoms with Crippen molar-refractivity contribution < 1.29 is 8.42 Å². The van der Waals surface area contributed by atoms with Crippen LogP contribution in [0.15, 0.2) is 22.0 Å². The molecule has 2 N–H and O–H groups in total. The van der Waals surface area contributed by atoms with Crippen molar-refractivity contribution in [3.05, 3.63) is 27.6 Å². The standard InChI is InChI=1S/C14H23ClN2O3S/c1-4-5-6-7-14(2,3)10-17-21(19,20)11-8-12(15)13(18)16-9-11/h8-9,17H,4-7,10H2,1-3H3,(H,16,18). The summed E-state index contributed by atoms with van der Waals surface area (Å²) in [4.78, 5) is 13.4. The summed E-state index contributed by atoms with van der Waals surface area (Å²) in [5, 5.41) is -0.139. The van der Waals surface area contributed by atoms with Gasteiger partial charge in [-0.1, -0.05) is 51.6 Å². The fourth-order valence-corrected chi connectivity index (χ4v) is 3.38. The Hall–Kier alpha value is -0.850. The van der Waals surface area contributed by atoms with Crippen LogP contribution in [0.25, 0.3) is 0 Å². The summed E-state index contributed by atoms with van der Waals surface area (Å²) in [6.45, 7) is 6.54. The van der Waals surface area contributed by atoms with Gasteiger partial charge in [-0.05, 0) is 17.9 Å². The molecule has 1 rings (SSSR count). The van der Waals surface area contributed by atoms with Gasteiger partial charge in [-0.2, -0.15) is 0 Å². The van der Waals surface area contributed by atoms with Crippen LogP contribution >= 0.6 is 11.6 Å². The van der Waals surface area contributed by atoms with E-state index < -0.39 is 15.6 Å². The second-order valence-corrected chi connectivity index (χ2v) is 8.13. The predicted molar refractivity (Wildman–Crippen MR) is 85.2 cm³/mol. The van der Waals surface area contributed by atoms with Gasteiger partial charge in [0, 0.05) is 12.7 Å². The predicted octanol–water partition coefficient (Wildman–Crippen LogP) is 2.91. The van der Waals surface area contributed by atoms with Gasteiger partial charge in [0.25, 0.3) is 5.56 Å². The molecule has 0 radical (unpaired) electrons. The Kier molecular flexibility index (Phi) is 6.43. The molecular formula is C14H23ClN2O3S. The Morgan fingerprint density at radius 2 is 2.00 bits per heavy atom. The first-order chi connectivity index (χ1) is 9.68. The zero-order chi connectivity index (χ0) is 16.1. The number of nitrogens with one attached hydrogen (secondary N) is 2. The third-order valence-corrected chi connectivity index (χ3v) is 5.00. The van der Waals surface area contributed by atoms with Crippen molar-refractivity contribution in [2.75, 3.05) is 6.54 Å². The second kappa shape index (κ2) is 7.42. The minimum Gasteiger partial charge on any atom is -0.326 e. The van der Waals surface area contributed by atoms with E-state index in [1.165, 1.54) is 0 Å². The average molecular weight is 335 g/mol. The van der Waals surface area contributed by atoms with Gasteiger partial charge in [-0.15, -0.1) is 0 Å². The second-order valence-electron chi connectivity index (χ2n) is 5.96. The van der Waals surface area contributed by atoms with Crippen LogP contribution < -0.4 is 10.3 Å². The largest absolute Gasteiger partial charge is 0.326 e. The molecule has 1 heterocycles. The first kappa shape index (κ1) is 18.2. The molecular weight excluding hydrogens is 312 g/mol. The molecule has 0 spiro atoms. The Balaban J connectivity index is 2.72. The van der Waals surface area contributed by atoms with Gasteiger partial charge in [-0.25, -0.2) is 13.1 Å². The van der Waals surface area contributed by atoms with Crippen LogP contribution in [0.4, 0.5) is 0 Å². The van der Waals surface area contributed by atoms with Crippen LogP contribution in [0.2, 0.25) is 5.02 Å². The van der Waals surface area contributed by atoms with E-state index in [1.54, 1.807) is 0 Å². The van der Waals surface area contributed by atoms with E-state index >= 15 is 0 Å². The number of unbranched alkanes of at least 4 members (excludes halogenated alkanes) is 2. The van der Waals surface area contributed by atoms with Gasteiger partial charge in [0.05, 0.1) is 4.90 Å². The van der Waals surface area contributed by atoms with Crippen LogP contribution in [0.3, 0.4) is 0 Å². The van der Waals surface area contributed by atoms with Gasteiger partial charge >= 0.3 is 0 Å². The molecule has 1 aromatic rings. The zero-order valence-corrected chi connectivity index (χ0v) is 14.3. The summed E-state index contributed by atoms with van der Waals surface area (Å²) in [6.07, 6.45) is 5.47. The Morgan fingerprint density at radius 3 is 2.57 bits per heavy atom. The molecule has 0 aliphatic heterocycles. The minimum atomic E-state index is -3.67. The summed E-state index contributed by atoms with van der Waals surface area (Å²) in [6, 6.07) is 1.16. The van der Waals surface area contributed by atoms with E-state index in [-0.39, 0.29) is 15.3 Å². The van der Waals surface area contributed by atoms with Crippen LogP contribution in [-0.2, 0) is 10.0 Å². The summed E-state index contributed by atoms with van der Waals surface area (Å²) in [7, 11) is -3.67. The summed E-state index contributed by atoms with van der Waals surface area (Å²) in [5.41, 5.74) is -0.621. The van der Waals surface area contributed by atoms with Crippen molar-refractivity contribution in [2.24, 2.45) is 5.41 Å². The van der Waals surface area contributed by atoms with Gasteiger partial charge in [0.2, 0.25) is 10.0 Å². The number of H-pyrrole nitrogens is 1. The Morgan fingerprint density at radius 1 is 1.33 bits per heavy atom.